The van der Waals surface area contributed by atoms with Gasteiger partial charge in [0, 0.05) is 36.8 Å². The molecule has 160 valence electrons. The van der Waals surface area contributed by atoms with Gasteiger partial charge in [0.2, 0.25) is 0 Å². The summed E-state index contributed by atoms with van der Waals surface area (Å²) in [6.45, 7) is 14.3. The van der Waals surface area contributed by atoms with E-state index in [1.165, 1.54) is 36.5 Å². The number of guanidine groups is 1. The number of hydrogen-bond donors (Lipinski definition) is 1. The molecular formula is C22H39IN4S. The van der Waals surface area contributed by atoms with Crippen molar-refractivity contribution in [3.63, 3.8) is 0 Å². The molecular weight excluding hydrogens is 479 g/mol. The molecule has 0 radical (unpaired) electrons. The van der Waals surface area contributed by atoms with E-state index in [9.17, 15) is 0 Å². The molecule has 1 unspecified atom stereocenters. The molecule has 1 fully saturated rings. The summed E-state index contributed by atoms with van der Waals surface area (Å²) in [6.07, 6.45) is 3.68. The highest BCUT2D eigenvalue weighted by Crippen LogP contribution is 2.25. The second kappa shape index (κ2) is 15.4. The van der Waals surface area contributed by atoms with Crippen molar-refractivity contribution in [2.24, 2.45) is 10.9 Å². The van der Waals surface area contributed by atoms with E-state index in [4.69, 9.17) is 4.99 Å². The summed E-state index contributed by atoms with van der Waals surface area (Å²) in [5.74, 6) is 3.07. The van der Waals surface area contributed by atoms with Crippen LogP contribution in [0.25, 0.3) is 0 Å². The fraction of sp³-hybridized carbons (Fsp3) is 0.682. The monoisotopic (exact) mass is 518 g/mol. The lowest BCUT2D eigenvalue weighted by molar-refractivity contribution is 0.297. The molecule has 1 atom stereocenters. The first-order valence-electron chi connectivity index (χ1n) is 10.7. The largest absolute Gasteiger partial charge is 0.357 e. The minimum absolute atomic E-state index is 0. The zero-order valence-electron chi connectivity index (χ0n) is 17.9. The highest BCUT2D eigenvalue weighted by atomic mass is 127. The molecule has 0 spiro atoms. The molecule has 0 aliphatic carbocycles. The number of rotatable bonds is 11. The number of aliphatic imine (C=N–C) groups is 1. The van der Waals surface area contributed by atoms with Crippen molar-refractivity contribution >= 4 is 41.7 Å². The van der Waals surface area contributed by atoms with Crippen LogP contribution in [-0.4, -0.2) is 67.3 Å². The molecule has 0 aromatic heterocycles. The van der Waals surface area contributed by atoms with Crippen LogP contribution in [0.2, 0.25) is 0 Å². The Bertz CT molecular complexity index is 537. The van der Waals surface area contributed by atoms with Gasteiger partial charge in [0.05, 0.1) is 0 Å². The molecule has 0 bridgehead atoms. The Morgan fingerprint density at radius 3 is 2.61 bits per heavy atom. The van der Waals surface area contributed by atoms with Gasteiger partial charge in [-0.3, -0.25) is 4.99 Å². The number of thioether (sulfide) groups is 1. The van der Waals surface area contributed by atoms with Gasteiger partial charge in [-0.1, -0.05) is 32.0 Å². The summed E-state index contributed by atoms with van der Waals surface area (Å²) < 4.78 is 0. The number of benzene rings is 1. The maximum absolute atomic E-state index is 4.90. The summed E-state index contributed by atoms with van der Waals surface area (Å²) in [4.78, 5) is 11.2. The first-order valence-corrected chi connectivity index (χ1v) is 11.7. The lowest BCUT2D eigenvalue weighted by Gasteiger charge is -2.22. The molecule has 0 saturated carbocycles. The lowest BCUT2D eigenvalue weighted by atomic mass is 10.2. The molecule has 1 aliphatic heterocycles. The fourth-order valence-corrected chi connectivity index (χ4v) is 4.54. The van der Waals surface area contributed by atoms with Crippen LogP contribution in [0.5, 0.6) is 0 Å². The van der Waals surface area contributed by atoms with Crippen molar-refractivity contribution in [2.45, 2.75) is 44.9 Å². The highest BCUT2D eigenvalue weighted by molar-refractivity contribution is 14.0. The molecule has 0 amide bonds. The van der Waals surface area contributed by atoms with Crippen molar-refractivity contribution in [3.05, 3.63) is 30.3 Å². The second-order valence-corrected chi connectivity index (χ2v) is 8.29. The van der Waals surface area contributed by atoms with Gasteiger partial charge < -0.3 is 15.1 Å². The standard InChI is InChI=1S/C22H38N4S.HI/c1-4-23-22(24-15-10-11-16-25(5-2)6-3)26-17-14-20(18-26)19-27-21-12-8-7-9-13-21;/h7-9,12-13,20H,4-6,10-11,14-19H2,1-3H3,(H,23,24);1H. The summed E-state index contributed by atoms with van der Waals surface area (Å²) in [5, 5.41) is 3.50. The number of nitrogens with one attached hydrogen (secondary N) is 1. The van der Waals surface area contributed by atoms with Gasteiger partial charge in [-0.05, 0) is 63.9 Å². The van der Waals surface area contributed by atoms with Gasteiger partial charge >= 0.3 is 0 Å². The molecule has 1 aromatic carbocycles. The molecule has 1 N–H and O–H groups in total. The fourth-order valence-electron chi connectivity index (χ4n) is 3.49. The minimum atomic E-state index is 0. The highest BCUT2D eigenvalue weighted by Gasteiger charge is 2.24. The van der Waals surface area contributed by atoms with Crippen LogP contribution in [0.1, 0.15) is 40.0 Å². The van der Waals surface area contributed by atoms with E-state index >= 15 is 0 Å². The Kier molecular flexibility index (Phi) is 14.0. The number of likely N-dealkylation sites (tertiary alicyclic amines) is 1. The van der Waals surface area contributed by atoms with E-state index in [2.05, 4.69) is 66.2 Å². The Morgan fingerprint density at radius 1 is 1.18 bits per heavy atom. The third kappa shape index (κ3) is 9.35. The maximum Gasteiger partial charge on any atom is 0.193 e. The quantitative estimate of drug-likeness (QED) is 0.150. The SMILES string of the molecule is CCNC(=NCCCCN(CC)CC)N1CCC(CSc2ccccc2)C1.I. The smallest absolute Gasteiger partial charge is 0.193 e. The summed E-state index contributed by atoms with van der Waals surface area (Å²) in [5.41, 5.74) is 0. The van der Waals surface area contributed by atoms with E-state index in [0.29, 0.717) is 0 Å². The van der Waals surface area contributed by atoms with Crippen LogP contribution in [0.3, 0.4) is 0 Å². The molecule has 2 rings (SSSR count). The van der Waals surface area contributed by atoms with Crippen LogP contribution in [0.15, 0.2) is 40.2 Å². The van der Waals surface area contributed by atoms with Gasteiger partial charge in [0.25, 0.3) is 0 Å². The number of halogens is 1. The van der Waals surface area contributed by atoms with Crippen LogP contribution >= 0.6 is 35.7 Å². The number of unbranched alkanes of at least 4 members (excludes halogenated alkanes) is 1. The van der Waals surface area contributed by atoms with Crippen molar-refractivity contribution in [1.29, 1.82) is 0 Å². The van der Waals surface area contributed by atoms with Crippen LogP contribution in [-0.2, 0) is 0 Å². The first-order chi connectivity index (χ1) is 13.3. The van der Waals surface area contributed by atoms with E-state index < -0.39 is 0 Å². The molecule has 1 heterocycles. The van der Waals surface area contributed by atoms with Crippen molar-refractivity contribution < 1.29 is 0 Å². The second-order valence-electron chi connectivity index (χ2n) is 7.19. The van der Waals surface area contributed by atoms with Crippen molar-refractivity contribution in [2.75, 3.05) is 51.6 Å². The van der Waals surface area contributed by atoms with Gasteiger partial charge in [-0.15, -0.1) is 35.7 Å². The van der Waals surface area contributed by atoms with E-state index in [1.54, 1.807) is 0 Å². The van der Waals surface area contributed by atoms with E-state index in [-0.39, 0.29) is 24.0 Å². The number of nitrogens with zero attached hydrogens (tertiary/aromatic N) is 3. The zero-order valence-corrected chi connectivity index (χ0v) is 21.0. The zero-order chi connectivity index (χ0) is 19.3. The van der Waals surface area contributed by atoms with E-state index in [0.717, 1.165) is 51.1 Å². The first kappa shape index (κ1) is 25.6. The average Bonchev–Trinajstić information content (AvgIpc) is 3.18. The van der Waals surface area contributed by atoms with Gasteiger partial charge in [-0.25, -0.2) is 0 Å². The maximum atomic E-state index is 4.90. The van der Waals surface area contributed by atoms with Crippen molar-refractivity contribution in [1.82, 2.24) is 15.1 Å². The molecule has 4 nitrogen and oxygen atoms in total. The number of hydrogen-bond acceptors (Lipinski definition) is 3. The summed E-state index contributed by atoms with van der Waals surface area (Å²) >= 11 is 1.98. The third-order valence-corrected chi connectivity index (χ3v) is 6.43. The average molecular weight is 519 g/mol. The van der Waals surface area contributed by atoms with E-state index in [1.807, 2.05) is 11.8 Å². The van der Waals surface area contributed by atoms with Crippen LogP contribution in [0, 0.1) is 5.92 Å². The Hall–Kier alpha value is -0.470. The molecule has 1 saturated heterocycles. The third-order valence-electron chi connectivity index (χ3n) is 5.19. The van der Waals surface area contributed by atoms with Gasteiger partial charge in [-0.2, -0.15) is 0 Å². The molecule has 6 heteroatoms. The van der Waals surface area contributed by atoms with Gasteiger partial charge in [0.15, 0.2) is 5.96 Å². The van der Waals surface area contributed by atoms with Gasteiger partial charge in [0.1, 0.15) is 0 Å². The Balaban J connectivity index is 0.00000392. The summed E-state index contributed by atoms with van der Waals surface area (Å²) in [6, 6.07) is 10.8. The minimum Gasteiger partial charge on any atom is -0.357 e. The lowest BCUT2D eigenvalue weighted by Crippen LogP contribution is -2.40. The molecule has 28 heavy (non-hydrogen) atoms. The Labute approximate surface area is 193 Å². The van der Waals surface area contributed by atoms with Crippen LogP contribution < -0.4 is 5.32 Å². The van der Waals surface area contributed by atoms with Crippen molar-refractivity contribution in [3.8, 4) is 0 Å². The predicted octanol–water partition coefficient (Wildman–Crippen LogP) is 4.81. The summed E-state index contributed by atoms with van der Waals surface area (Å²) in [7, 11) is 0. The predicted molar refractivity (Wildman–Crippen MR) is 135 cm³/mol. The Morgan fingerprint density at radius 2 is 1.93 bits per heavy atom. The van der Waals surface area contributed by atoms with Crippen LogP contribution in [0.4, 0.5) is 0 Å². The molecule has 1 aromatic rings. The normalized spacial score (nSPS) is 17.1. The topological polar surface area (TPSA) is 30.9 Å². The molecule has 1 aliphatic rings.